The van der Waals surface area contributed by atoms with Crippen molar-refractivity contribution in [2.45, 2.75) is 19.8 Å². The maximum absolute atomic E-state index is 10.5. The Kier molecular flexibility index (Phi) is 4.20. The number of carbonyl (C=O) groups is 1. The Morgan fingerprint density at radius 2 is 2.40 bits per heavy atom. The van der Waals surface area contributed by atoms with Crippen LogP contribution in [0.3, 0.4) is 0 Å². The molecule has 3 N–H and O–H groups in total. The van der Waals surface area contributed by atoms with E-state index in [1.807, 2.05) is 25.1 Å². The molecule has 82 valence electrons. The highest BCUT2D eigenvalue weighted by Gasteiger charge is 1.95. The van der Waals surface area contributed by atoms with Crippen molar-refractivity contribution in [3.63, 3.8) is 0 Å². The standard InChI is InChI=1S/C12H18N2O/c1-10-4-2-5-11(8-10)6-3-7-14-9-12(13)15/h2,4-5,8,14H,3,6-7,9H2,1H3,(H2,13,15)/i7D/t7-/m1/s1. The lowest BCUT2D eigenvalue weighted by Crippen LogP contribution is -2.29. The third-order valence-electron chi connectivity index (χ3n) is 2.08. The molecule has 0 aliphatic carbocycles. The van der Waals surface area contributed by atoms with Gasteiger partial charge in [-0.15, -0.1) is 0 Å². The van der Waals surface area contributed by atoms with Crippen molar-refractivity contribution in [1.82, 2.24) is 5.32 Å². The summed E-state index contributed by atoms with van der Waals surface area (Å²) in [5, 5.41) is 2.76. The first-order chi connectivity index (χ1) is 7.58. The molecule has 0 saturated heterocycles. The summed E-state index contributed by atoms with van der Waals surface area (Å²) >= 11 is 0. The van der Waals surface area contributed by atoms with E-state index in [-0.39, 0.29) is 6.54 Å². The fourth-order valence-corrected chi connectivity index (χ4v) is 1.38. The summed E-state index contributed by atoms with van der Waals surface area (Å²) in [6.07, 6.45) is 1.51. The molecule has 0 aromatic heterocycles. The molecule has 0 aliphatic rings. The number of hydrogen-bond acceptors (Lipinski definition) is 2. The van der Waals surface area contributed by atoms with Crippen LogP contribution >= 0.6 is 0 Å². The van der Waals surface area contributed by atoms with E-state index in [0.29, 0.717) is 6.42 Å². The van der Waals surface area contributed by atoms with Gasteiger partial charge in [-0.2, -0.15) is 0 Å². The van der Waals surface area contributed by atoms with Crippen molar-refractivity contribution >= 4 is 5.91 Å². The summed E-state index contributed by atoms with van der Waals surface area (Å²) in [5.41, 5.74) is 7.43. The quantitative estimate of drug-likeness (QED) is 0.731. The van der Waals surface area contributed by atoms with Crippen LogP contribution in [0.25, 0.3) is 0 Å². The second-order valence-electron chi connectivity index (χ2n) is 3.58. The van der Waals surface area contributed by atoms with Crippen LogP contribution in [0.15, 0.2) is 24.3 Å². The zero-order valence-electron chi connectivity index (χ0n) is 9.99. The van der Waals surface area contributed by atoms with E-state index >= 15 is 0 Å². The van der Waals surface area contributed by atoms with Crippen molar-refractivity contribution in [2.75, 3.05) is 13.1 Å². The van der Waals surface area contributed by atoms with Crippen LogP contribution in [0, 0.1) is 6.92 Å². The third-order valence-corrected chi connectivity index (χ3v) is 2.08. The summed E-state index contributed by atoms with van der Waals surface area (Å²) in [5.74, 6) is -0.423. The Labute approximate surface area is 92.1 Å². The molecule has 0 radical (unpaired) electrons. The number of amides is 1. The maximum atomic E-state index is 10.5. The number of rotatable bonds is 6. The number of primary amides is 1. The molecule has 15 heavy (non-hydrogen) atoms. The average Bonchev–Trinajstić information content (AvgIpc) is 2.23. The second kappa shape index (κ2) is 6.19. The normalized spacial score (nSPS) is 13.3. The molecule has 1 aromatic carbocycles. The number of hydrogen-bond donors (Lipinski definition) is 2. The Morgan fingerprint density at radius 3 is 3.07 bits per heavy atom. The maximum Gasteiger partial charge on any atom is 0.231 e. The predicted octanol–water partition coefficient (Wildman–Crippen LogP) is 1.00. The third kappa shape index (κ3) is 5.18. The van der Waals surface area contributed by atoms with Crippen LogP contribution in [0.5, 0.6) is 0 Å². The SMILES string of the molecule is [2H][C@H](CCc1cccc(C)c1)NCC(N)=O. The first-order valence-electron chi connectivity index (χ1n) is 5.65. The van der Waals surface area contributed by atoms with E-state index < -0.39 is 12.4 Å². The molecule has 0 heterocycles. The molecule has 1 amide bonds. The van der Waals surface area contributed by atoms with Crippen LogP contribution < -0.4 is 11.1 Å². The monoisotopic (exact) mass is 207 g/mol. The van der Waals surface area contributed by atoms with Crippen LogP contribution in [0.1, 0.15) is 18.9 Å². The van der Waals surface area contributed by atoms with Gasteiger partial charge < -0.3 is 11.1 Å². The van der Waals surface area contributed by atoms with Crippen LogP contribution in [-0.4, -0.2) is 19.0 Å². The molecule has 0 saturated carbocycles. The summed E-state index contributed by atoms with van der Waals surface area (Å²) in [6.45, 7) is 1.68. The van der Waals surface area contributed by atoms with Gasteiger partial charge in [-0.05, 0) is 31.8 Å². The van der Waals surface area contributed by atoms with Gasteiger partial charge >= 0.3 is 0 Å². The number of carbonyl (C=O) groups excluding carboxylic acids is 1. The lowest BCUT2D eigenvalue weighted by Gasteiger charge is -2.03. The van der Waals surface area contributed by atoms with Crippen LogP contribution in [-0.2, 0) is 11.2 Å². The van der Waals surface area contributed by atoms with Crippen LogP contribution in [0.4, 0.5) is 0 Å². The molecular weight excluding hydrogens is 188 g/mol. The van der Waals surface area contributed by atoms with E-state index in [4.69, 9.17) is 7.10 Å². The fourth-order valence-electron chi connectivity index (χ4n) is 1.38. The van der Waals surface area contributed by atoms with Gasteiger partial charge in [-0.3, -0.25) is 4.79 Å². The molecule has 0 unspecified atom stereocenters. The minimum atomic E-state index is -0.437. The van der Waals surface area contributed by atoms with Crippen molar-refractivity contribution in [1.29, 1.82) is 0 Å². The number of nitrogens with one attached hydrogen (secondary N) is 1. The average molecular weight is 207 g/mol. The first-order valence-corrected chi connectivity index (χ1v) is 5.07. The summed E-state index contributed by atoms with van der Waals surface area (Å²) in [4.78, 5) is 10.5. The number of nitrogens with two attached hydrogens (primary N) is 1. The molecule has 1 rings (SSSR count). The van der Waals surface area contributed by atoms with E-state index in [1.165, 1.54) is 11.1 Å². The predicted molar refractivity (Wildman–Crippen MR) is 61.6 cm³/mol. The van der Waals surface area contributed by atoms with E-state index in [9.17, 15) is 4.79 Å². The van der Waals surface area contributed by atoms with Gasteiger partial charge in [0, 0.05) is 1.37 Å². The first kappa shape index (κ1) is 10.2. The summed E-state index contributed by atoms with van der Waals surface area (Å²) < 4.78 is 7.65. The van der Waals surface area contributed by atoms with E-state index in [2.05, 4.69) is 11.4 Å². The second-order valence-corrected chi connectivity index (χ2v) is 3.58. The lowest BCUT2D eigenvalue weighted by atomic mass is 10.1. The largest absolute Gasteiger partial charge is 0.369 e. The Balaban J connectivity index is 2.31. The van der Waals surface area contributed by atoms with Gasteiger partial charge in [0.05, 0.1) is 6.54 Å². The van der Waals surface area contributed by atoms with Gasteiger partial charge in [0.25, 0.3) is 0 Å². The highest BCUT2D eigenvalue weighted by Crippen LogP contribution is 2.05. The van der Waals surface area contributed by atoms with Crippen molar-refractivity contribution < 1.29 is 6.17 Å². The summed E-state index contributed by atoms with van der Waals surface area (Å²) in [7, 11) is 0. The zero-order valence-corrected chi connectivity index (χ0v) is 8.99. The Bertz CT molecular complexity index is 355. The van der Waals surface area contributed by atoms with E-state index in [1.54, 1.807) is 0 Å². The molecule has 0 aliphatic heterocycles. The van der Waals surface area contributed by atoms with Crippen molar-refractivity contribution in [2.24, 2.45) is 5.73 Å². The topological polar surface area (TPSA) is 55.1 Å². The molecule has 3 heteroatoms. The van der Waals surface area contributed by atoms with E-state index in [0.717, 1.165) is 6.42 Å². The van der Waals surface area contributed by atoms with Gasteiger partial charge in [0.1, 0.15) is 0 Å². The van der Waals surface area contributed by atoms with Gasteiger partial charge in [-0.1, -0.05) is 29.8 Å². The molecule has 0 bridgehead atoms. The molecule has 0 spiro atoms. The zero-order chi connectivity index (χ0) is 12.0. The Morgan fingerprint density at radius 1 is 1.60 bits per heavy atom. The summed E-state index contributed by atoms with van der Waals surface area (Å²) in [6, 6.07) is 8.22. The van der Waals surface area contributed by atoms with Crippen molar-refractivity contribution in [3.05, 3.63) is 35.4 Å². The molecule has 1 aromatic rings. The van der Waals surface area contributed by atoms with Crippen LogP contribution in [0.2, 0.25) is 0 Å². The smallest absolute Gasteiger partial charge is 0.231 e. The Hall–Kier alpha value is -1.35. The van der Waals surface area contributed by atoms with Gasteiger partial charge in [0.15, 0.2) is 0 Å². The highest BCUT2D eigenvalue weighted by atomic mass is 16.1. The van der Waals surface area contributed by atoms with Crippen molar-refractivity contribution in [3.8, 4) is 0 Å². The number of benzene rings is 1. The van der Waals surface area contributed by atoms with Gasteiger partial charge in [-0.25, -0.2) is 0 Å². The lowest BCUT2D eigenvalue weighted by molar-refractivity contribution is -0.117. The minimum absolute atomic E-state index is 0.0714. The molecule has 0 fully saturated rings. The molecule has 3 nitrogen and oxygen atoms in total. The van der Waals surface area contributed by atoms with Gasteiger partial charge in [0.2, 0.25) is 5.91 Å². The number of aryl methyl sites for hydroxylation is 2. The molecule has 1 atom stereocenters. The minimum Gasteiger partial charge on any atom is -0.369 e. The molecular formula is C12H18N2O. The highest BCUT2D eigenvalue weighted by molar-refractivity contribution is 5.75. The fraction of sp³-hybridized carbons (Fsp3) is 0.417.